The van der Waals surface area contributed by atoms with Gasteiger partial charge in [-0.25, -0.2) is 0 Å². The maximum absolute atomic E-state index is 12.9. The molecule has 1 amide bonds. The minimum absolute atomic E-state index is 0.0215. The summed E-state index contributed by atoms with van der Waals surface area (Å²) in [5.74, 6) is 0.474. The van der Waals surface area contributed by atoms with Crippen LogP contribution in [-0.4, -0.2) is 52.0 Å². The van der Waals surface area contributed by atoms with E-state index in [0.29, 0.717) is 37.6 Å². The van der Waals surface area contributed by atoms with E-state index in [0.717, 1.165) is 12.1 Å². The third-order valence-electron chi connectivity index (χ3n) is 5.16. The number of hydrogen-bond donors (Lipinski definition) is 0. The van der Waals surface area contributed by atoms with Crippen molar-refractivity contribution in [2.24, 2.45) is 0 Å². The van der Waals surface area contributed by atoms with Crippen LogP contribution in [0, 0.1) is 0 Å². The van der Waals surface area contributed by atoms with E-state index in [1.807, 2.05) is 28.7 Å². The molecule has 4 rings (SSSR count). The molecule has 0 N–H and O–H groups in total. The molecule has 0 unspecified atom stereocenters. The van der Waals surface area contributed by atoms with Crippen molar-refractivity contribution >= 4 is 17.2 Å². The Labute approximate surface area is 174 Å². The number of hydrogen-bond acceptors (Lipinski definition) is 6. The number of carbonyl (C=O) groups excluding carboxylic acids is 1. The van der Waals surface area contributed by atoms with E-state index in [2.05, 4.69) is 15.0 Å². The normalized spacial score (nSPS) is 16.6. The van der Waals surface area contributed by atoms with Gasteiger partial charge in [-0.05, 0) is 30.5 Å². The summed E-state index contributed by atoms with van der Waals surface area (Å²) in [5.41, 5.74) is 0.188. The lowest BCUT2D eigenvalue weighted by molar-refractivity contribution is -0.137. The fourth-order valence-corrected chi connectivity index (χ4v) is 4.02. The van der Waals surface area contributed by atoms with Gasteiger partial charge in [-0.1, -0.05) is 17.3 Å². The first-order valence-electron chi connectivity index (χ1n) is 9.39. The number of halogens is 3. The zero-order valence-corrected chi connectivity index (χ0v) is 16.9. The van der Waals surface area contributed by atoms with Crippen LogP contribution in [0.5, 0.6) is 0 Å². The van der Waals surface area contributed by atoms with Gasteiger partial charge in [0, 0.05) is 37.1 Å². The minimum atomic E-state index is -4.43. The van der Waals surface area contributed by atoms with E-state index in [9.17, 15) is 18.0 Å². The van der Waals surface area contributed by atoms with Gasteiger partial charge >= 0.3 is 6.18 Å². The standard InChI is InChI=1S/C20H19F3N4O2S/c1-13(26-6-8-27(9-7-26)19(28)15-5-10-30-12-15)18-24-17(25-29-18)14-3-2-4-16(11-14)20(21,22)23/h2-5,10-13H,6-9H2,1H3/t13-/m1/s1. The van der Waals surface area contributed by atoms with Crippen molar-refractivity contribution in [2.75, 3.05) is 26.2 Å². The molecule has 1 fully saturated rings. The van der Waals surface area contributed by atoms with Gasteiger partial charge in [0.05, 0.1) is 17.2 Å². The van der Waals surface area contributed by atoms with E-state index in [1.54, 1.807) is 0 Å². The number of alkyl halides is 3. The highest BCUT2D eigenvalue weighted by Gasteiger charge is 2.31. The van der Waals surface area contributed by atoms with Crippen molar-refractivity contribution < 1.29 is 22.5 Å². The molecule has 0 aliphatic carbocycles. The Hall–Kier alpha value is -2.72. The van der Waals surface area contributed by atoms with Crippen LogP contribution >= 0.6 is 11.3 Å². The van der Waals surface area contributed by atoms with Crippen molar-refractivity contribution in [3.63, 3.8) is 0 Å². The molecule has 10 heteroatoms. The molecule has 0 spiro atoms. The number of rotatable bonds is 4. The monoisotopic (exact) mass is 436 g/mol. The summed E-state index contributed by atoms with van der Waals surface area (Å²) in [6.45, 7) is 4.33. The first-order valence-corrected chi connectivity index (χ1v) is 10.3. The van der Waals surface area contributed by atoms with E-state index < -0.39 is 11.7 Å². The average molecular weight is 436 g/mol. The van der Waals surface area contributed by atoms with Gasteiger partial charge in [-0.15, -0.1) is 0 Å². The van der Waals surface area contributed by atoms with Crippen LogP contribution in [-0.2, 0) is 6.18 Å². The summed E-state index contributed by atoms with van der Waals surface area (Å²) in [5, 5.41) is 7.58. The molecule has 6 nitrogen and oxygen atoms in total. The summed E-state index contributed by atoms with van der Waals surface area (Å²) in [6, 6.07) is 6.45. The Balaban J connectivity index is 1.41. The number of piperazine rings is 1. The lowest BCUT2D eigenvalue weighted by Crippen LogP contribution is -2.49. The average Bonchev–Trinajstić information content (AvgIpc) is 3.45. The Kier molecular flexibility index (Phi) is 5.61. The van der Waals surface area contributed by atoms with Gasteiger partial charge in [0.2, 0.25) is 11.7 Å². The Morgan fingerprint density at radius 1 is 1.20 bits per heavy atom. The highest BCUT2D eigenvalue weighted by Crippen LogP contribution is 2.32. The predicted molar refractivity (Wildman–Crippen MR) is 105 cm³/mol. The summed E-state index contributed by atoms with van der Waals surface area (Å²) in [7, 11) is 0. The van der Waals surface area contributed by atoms with E-state index in [-0.39, 0.29) is 23.3 Å². The second kappa shape index (κ2) is 8.19. The van der Waals surface area contributed by atoms with Crippen LogP contribution in [0.3, 0.4) is 0 Å². The third-order valence-corrected chi connectivity index (χ3v) is 5.85. The molecule has 0 saturated carbocycles. The third kappa shape index (κ3) is 4.24. The smallest absolute Gasteiger partial charge is 0.337 e. The van der Waals surface area contributed by atoms with Gasteiger partial charge in [0.15, 0.2) is 0 Å². The number of aromatic nitrogens is 2. The molecular formula is C20H19F3N4O2S. The fraction of sp³-hybridized carbons (Fsp3) is 0.350. The molecule has 2 aromatic heterocycles. The number of nitrogens with zero attached hydrogens (tertiary/aromatic N) is 4. The van der Waals surface area contributed by atoms with E-state index >= 15 is 0 Å². The van der Waals surface area contributed by atoms with Crippen molar-refractivity contribution in [2.45, 2.75) is 19.1 Å². The minimum Gasteiger partial charge on any atom is -0.337 e. The Bertz CT molecular complexity index is 1010. The molecule has 0 bridgehead atoms. The maximum Gasteiger partial charge on any atom is 0.416 e. The van der Waals surface area contributed by atoms with Crippen molar-refractivity contribution in [3.8, 4) is 11.4 Å². The maximum atomic E-state index is 12.9. The summed E-state index contributed by atoms with van der Waals surface area (Å²) < 4.78 is 44.1. The molecule has 3 heterocycles. The molecule has 1 aromatic carbocycles. The topological polar surface area (TPSA) is 62.5 Å². The second-order valence-electron chi connectivity index (χ2n) is 7.05. The van der Waals surface area contributed by atoms with Crippen LogP contribution in [0.1, 0.15) is 34.8 Å². The van der Waals surface area contributed by atoms with Gasteiger partial charge in [0.1, 0.15) is 0 Å². The number of thiophene rings is 1. The lowest BCUT2D eigenvalue weighted by Gasteiger charge is -2.36. The first-order chi connectivity index (χ1) is 14.3. The molecule has 3 aromatic rings. The summed E-state index contributed by atoms with van der Waals surface area (Å²) in [6.07, 6.45) is -4.43. The number of carbonyl (C=O) groups is 1. The highest BCUT2D eigenvalue weighted by molar-refractivity contribution is 7.08. The number of benzene rings is 1. The summed E-state index contributed by atoms with van der Waals surface area (Å²) in [4.78, 5) is 20.7. The largest absolute Gasteiger partial charge is 0.416 e. The lowest BCUT2D eigenvalue weighted by atomic mass is 10.1. The van der Waals surface area contributed by atoms with E-state index in [1.165, 1.54) is 23.5 Å². The zero-order chi connectivity index (χ0) is 21.3. The van der Waals surface area contributed by atoms with Gasteiger partial charge in [-0.3, -0.25) is 9.69 Å². The molecule has 0 radical (unpaired) electrons. The van der Waals surface area contributed by atoms with Crippen LogP contribution < -0.4 is 0 Å². The Morgan fingerprint density at radius 3 is 2.63 bits per heavy atom. The van der Waals surface area contributed by atoms with Crippen molar-refractivity contribution in [3.05, 3.63) is 58.1 Å². The molecule has 1 atom stereocenters. The van der Waals surface area contributed by atoms with Gasteiger partial charge < -0.3 is 9.42 Å². The van der Waals surface area contributed by atoms with Crippen LogP contribution in [0.25, 0.3) is 11.4 Å². The molecule has 1 aliphatic heterocycles. The van der Waals surface area contributed by atoms with Crippen molar-refractivity contribution in [1.29, 1.82) is 0 Å². The van der Waals surface area contributed by atoms with Crippen LogP contribution in [0.4, 0.5) is 13.2 Å². The van der Waals surface area contributed by atoms with Crippen LogP contribution in [0.2, 0.25) is 0 Å². The quantitative estimate of drug-likeness (QED) is 0.609. The molecular weight excluding hydrogens is 417 g/mol. The first kappa shape index (κ1) is 20.5. The molecule has 1 saturated heterocycles. The molecule has 30 heavy (non-hydrogen) atoms. The predicted octanol–water partition coefficient (Wildman–Crippen LogP) is 4.34. The summed E-state index contributed by atoms with van der Waals surface area (Å²) >= 11 is 1.49. The second-order valence-corrected chi connectivity index (χ2v) is 7.83. The fourth-order valence-electron chi connectivity index (χ4n) is 3.39. The highest BCUT2D eigenvalue weighted by atomic mass is 32.1. The van der Waals surface area contributed by atoms with E-state index in [4.69, 9.17) is 4.52 Å². The van der Waals surface area contributed by atoms with Crippen LogP contribution in [0.15, 0.2) is 45.6 Å². The zero-order valence-electron chi connectivity index (χ0n) is 16.1. The molecule has 1 aliphatic rings. The number of amides is 1. The van der Waals surface area contributed by atoms with Crippen molar-refractivity contribution in [1.82, 2.24) is 19.9 Å². The SMILES string of the molecule is C[C@H](c1nc(-c2cccc(C(F)(F)F)c2)no1)N1CCN(C(=O)c2ccsc2)CC1. The Morgan fingerprint density at radius 2 is 1.97 bits per heavy atom. The van der Waals surface area contributed by atoms with Gasteiger partial charge in [0.25, 0.3) is 5.91 Å². The van der Waals surface area contributed by atoms with Gasteiger partial charge in [-0.2, -0.15) is 29.5 Å². The molecule has 158 valence electrons.